The Morgan fingerprint density at radius 1 is 1.43 bits per heavy atom. The molecule has 1 aliphatic carbocycles. The first-order valence-corrected chi connectivity index (χ1v) is 5.92. The molecule has 0 bridgehead atoms. The van der Waals surface area contributed by atoms with Gasteiger partial charge in [0, 0.05) is 12.6 Å². The van der Waals surface area contributed by atoms with Crippen molar-refractivity contribution in [3.05, 3.63) is 0 Å². The van der Waals surface area contributed by atoms with Crippen LogP contribution in [0.5, 0.6) is 0 Å². The summed E-state index contributed by atoms with van der Waals surface area (Å²) < 4.78 is 0. The van der Waals surface area contributed by atoms with Crippen molar-refractivity contribution in [1.82, 2.24) is 4.90 Å². The van der Waals surface area contributed by atoms with E-state index in [0.717, 1.165) is 18.9 Å². The summed E-state index contributed by atoms with van der Waals surface area (Å²) in [6.07, 6.45) is 6.02. The Hall–Kier alpha value is -0.550. The van der Waals surface area contributed by atoms with Crippen LogP contribution in [0.4, 0.5) is 0 Å². The van der Waals surface area contributed by atoms with Crippen molar-refractivity contribution in [3.8, 4) is 6.07 Å². The Bertz CT molecular complexity index is 191. The fourth-order valence-electron chi connectivity index (χ4n) is 2.18. The molecule has 2 nitrogen and oxygen atoms in total. The average Bonchev–Trinajstić information content (AvgIpc) is 2.14. The molecule has 0 radical (unpaired) electrons. The third kappa shape index (κ3) is 2.99. The molecule has 1 rings (SSSR count). The fraction of sp³-hybridized carbons (Fsp3) is 0.917. The van der Waals surface area contributed by atoms with Crippen molar-refractivity contribution in [3.63, 3.8) is 0 Å². The van der Waals surface area contributed by atoms with Gasteiger partial charge >= 0.3 is 0 Å². The predicted octanol–water partition coefficient (Wildman–Crippen LogP) is 2.80. The molecule has 0 aromatic heterocycles. The van der Waals surface area contributed by atoms with Gasteiger partial charge in [0.2, 0.25) is 0 Å². The lowest BCUT2D eigenvalue weighted by Gasteiger charge is -2.35. The summed E-state index contributed by atoms with van der Waals surface area (Å²) in [5.74, 6) is 0.919. The molecule has 1 atom stereocenters. The summed E-state index contributed by atoms with van der Waals surface area (Å²) in [5, 5.41) is 8.74. The van der Waals surface area contributed by atoms with Crippen molar-refractivity contribution in [2.24, 2.45) is 5.92 Å². The Kier molecular flexibility index (Phi) is 4.97. The van der Waals surface area contributed by atoms with Crippen LogP contribution < -0.4 is 0 Å². The average molecular weight is 194 g/mol. The highest BCUT2D eigenvalue weighted by atomic mass is 15.1. The van der Waals surface area contributed by atoms with Gasteiger partial charge in [0.1, 0.15) is 0 Å². The largest absolute Gasteiger partial charge is 0.299 e. The summed E-state index contributed by atoms with van der Waals surface area (Å²) in [6, 6.07) is 2.79. The Morgan fingerprint density at radius 2 is 2.14 bits per heavy atom. The van der Waals surface area contributed by atoms with E-state index in [2.05, 4.69) is 24.8 Å². The van der Waals surface area contributed by atoms with E-state index in [1.807, 2.05) is 0 Å². The van der Waals surface area contributed by atoms with Crippen LogP contribution in [0.3, 0.4) is 0 Å². The van der Waals surface area contributed by atoms with Gasteiger partial charge < -0.3 is 0 Å². The third-order valence-corrected chi connectivity index (χ3v) is 3.44. The van der Waals surface area contributed by atoms with Gasteiger partial charge in [-0.15, -0.1) is 0 Å². The van der Waals surface area contributed by atoms with Crippen LogP contribution in [0.25, 0.3) is 0 Å². The van der Waals surface area contributed by atoms with E-state index in [-0.39, 0.29) is 0 Å². The third-order valence-electron chi connectivity index (χ3n) is 3.44. The van der Waals surface area contributed by atoms with E-state index >= 15 is 0 Å². The van der Waals surface area contributed by atoms with E-state index in [0.29, 0.717) is 12.5 Å². The maximum absolute atomic E-state index is 8.74. The van der Waals surface area contributed by atoms with Gasteiger partial charge in [-0.1, -0.05) is 20.3 Å². The highest BCUT2D eigenvalue weighted by molar-refractivity contribution is 4.84. The molecule has 14 heavy (non-hydrogen) atoms. The normalized spacial score (nSPS) is 19.0. The highest BCUT2D eigenvalue weighted by Gasteiger charge is 2.23. The van der Waals surface area contributed by atoms with Crippen molar-refractivity contribution >= 4 is 0 Å². The molecule has 0 N–H and O–H groups in total. The zero-order valence-corrected chi connectivity index (χ0v) is 9.50. The van der Waals surface area contributed by atoms with Crippen LogP contribution in [0.15, 0.2) is 0 Å². The number of nitrogens with zero attached hydrogens (tertiary/aromatic N) is 2. The van der Waals surface area contributed by atoms with Gasteiger partial charge in [-0.25, -0.2) is 0 Å². The van der Waals surface area contributed by atoms with Crippen LogP contribution in [0, 0.1) is 17.2 Å². The van der Waals surface area contributed by atoms with Gasteiger partial charge in [0.25, 0.3) is 0 Å². The zero-order chi connectivity index (χ0) is 10.4. The first-order chi connectivity index (χ1) is 6.81. The monoisotopic (exact) mass is 194 g/mol. The molecule has 0 amide bonds. The van der Waals surface area contributed by atoms with E-state index < -0.39 is 0 Å². The minimum atomic E-state index is 0.491. The van der Waals surface area contributed by atoms with Crippen LogP contribution >= 0.6 is 0 Å². The van der Waals surface area contributed by atoms with E-state index in [9.17, 15) is 0 Å². The number of rotatable bonds is 6. The van der Waals surface area contributed by atoms with E-state index in [4.69, 9.17) is 5.26 Å². The topological polar surface area (TPSA) is 27.0 Å². The molecule has 1 saturated carbocycles. The van der Waals surface area contributed by atoms with Crippen LogP contribution in [0.1, 0.15) is 46.0 Å². The number of nitriles is 1. The quantitative estimate of drug-likeness (QED) is 0.650. The second-order valence-corrected chi connectivity index (χ2v) is 4.31. The first kappa shape index (κ1) is 11.5. The van der Waals surface area contributed by atoms with E-state index in [1.165, 1.54) is 25.8 Å². The number of hydrogen-bond acceptors (Lipinski definition) is 2. The Labute approximate surface area is 87.9 Å². The summed E-state index contributed by atoms with van der Waals surface area (Å²) >= 11 is 0. The van der Waals surface area contributed by atoms with Crippen molar-refractivity contribution in [1.29, 1.82) is 5.26 Å². The van der Waals surface area contributed by atoms with Crippen LogP contribution in [-0.2, 0) is 0 Å². The number of hydrogen-bond donors (Lipinski definition) is 0. The molecule has 0 aromatic carbocycles. The highest BCUT2D eigenvalue weighted by Crippen LogP contribution is 2.28. The lowest BCUT2D eigenvalue weighted by Crippen LogP contribution is -2.39. The van der Waals surface area contributed by atoms with Gasteiger partial charge in [0.15, 0.2) is 0 Å². The summed E-state index contributed by atoms with van der Waals surface area (Å²) in [6.45, 7) is 6.71. The maximum atomic E-state index is 8.74. The van der Waals surface area contributed by atoms with Gasteiger partial charge in [0.05, 0.1) is 12.5 Å². The van der Waals surface area contributed by atoms with Crippen LogP contribution in [-0.4, -0.2) is 24.0 Å². The zero-order valence-electron chi connectivity index (χ0n) is 9.50. The molecule has 0 aliphatic heterocycles. The second kappa shape index (κ2) is 6.03. The molecule has 0 spiro atoms. The molecule has 0 aromatic rings. The summed E-state index contributed by atoms with van der Waals surface area (Å²) in [7, 11) is 0. The molecule has 1 fully saturated rings. The van der Waals surface area contributed by atoms with Gasteiger partial charge in [-0.3, -0.25) is 4.90 Å². The molecule has 2 heteroatoms. The molecule has 0 heterocycles. The molecule has 1 aliphatic rings. The lowest BCUT2D eigenvalue weighted by atomic mass is 9.84. The van der Waals surface area contributed by atoms with Crippen molar-refractivity contribution < 1.29 is 0 Å². The molecular weight excluding hydrogens is 172 g/mol. The first-order valence-electron chi connectivity index (χ1n) is 5.92. The van der Waals surface area contributed by atoms with Crippen molar-refractivity contribution in [2.45, 2.75) is 52.0 Å². The summed E-state index contributed by atoms with van der Waals surface area (Å²) in [4.78, 5) is 2.49. The molecule has 0 saturated heterocycles. The SMILES string of the molecule is CCC(CC#N)N(CC)CC1CCC1. The van der Waals surface area contributed by atoms with E-state index in [1.54, 1.807) is 0 Å². The molecular formula is C12H22N2. The van der Waals surface area contributed by atoms with Crippen molar-refractivity contribution in [2.75, 3.05) is 13.1 Å². The second-order valence-electron chi connectivity index (χ2n) is 4.31. The molecule has 1 unspecified atom stereocenters. The van der Waals surface area contributed by atoms with Crippen LogP contribution in [0.2, 0.25) is 0 Å². The fourth-order valence-corrected chi connectivity index (χ4v) is 2.18. The molecule has 80 valence electrons. The summed E-state index contributed by atoms with van der Waals surface area (Å²) in [5.41, 5.74) is 0. The minimum Gasteiger partial charge on any atom is -0.299 e. The predicted molar refractivity (Wildman–Crippen MR) is 58.9 cm³/mol. The maximum Gasteiger partial charge on any atom is 0.0638 e. The Morgan fingerprint density at radius 3 is 2.50 bits per heavy atom. The smallest absolute Gasteiger partial charge is 0.0638 e. The van der Waals surface area contributed by atoms with Gasteiger partial charge in [-0.2, -0.15) is 5.26 Å². The minimum absolute atomic E-state index is 0.491. The Balaban J connectivity index is 2.36. The standard InChI is InChI=1S/C12H22N2/c1-3-12(8-9-13)14(4-2)10-11-6-5-7-11/h11-12H,3-8,10H2,1-2H3. The van der Waals surface area contributed by atoms with Gasteiger partial charge in [-0.05, 0) is 31.7 Å². The lowest BCUT2D eigenvalue weighted by molar-refractivity contribution is 0.136.